The molecule has 0 saturated carbocycles. The molecule has 1 aliphatic rings. The van der Waals surface area contributed by atoms with Gasteiger partial charge in [0.15, 0.2) is 0 Å². The summed E-state index contributed by atoms with van der Waals surface area (Å²) in [7, 11) is 0. The fourth-order valence-corrected chi connectivity index (χ4v) is 3.71. The van der Waals surface area contributed by atoms with Crippen LogP contribution in [-0.2, 0) is 9.59 Å². The second-order valence-electron chi connectivity index (χ2n) is 6.93. The summed E-state index contributed by atoms with van der Waals surface area (Å²) in [6.07, 6.45) is 0. The third-order valence-electron chi connectivity index (χ3n) is 4.19. The Kier molecular flexibility index (Phi) is 6.71. The van der Waals surface area contributed by atoms with Crippen molar-refractivity contribution in [2.45, 2.75) is 13.8 Å². The van der Waals surface area contributed by atoms with Crippen molar-refractivity contribution < 1.29 is 23.8 Å². The van der Waals surface area contributed by atoms with Crippen LogP contribution in [0.3, 0.4) is 0 Å². The Hall–Kier alpha value is -2.64. The Bertz CT molecular complexity index is 923. The van der Waals surface area contributed by atoms with Crippen molar-refractivity contribution in [3.8, 4) is 5.75 Å². The van der Waals surface area contributed by atoms with E-state index in [1.54, 1.807) is 24.3 Å². The Morgan fingerprint density at radius 3 is 2.28 bits per heavy atom. The first-order valence-corrected chi connectivity index (χ1v) is 10.3. The predicted molar refractivity (Wildman–Crippen MR) is 112 cm³/mol. The monoisotopic (exact) mass is 415 g/mol. The maximum Gasteiger partial charge on any atom is 0.272 e. The molecule has 7 heteroatoms. The topological polar surface area (TPSA) is 66.8 Å². The molecule has 0 radical (unpaired) electrons. The van der Waals surface area contributed by atoms with Crippen LogP contribution < -0.4 is 9.64 Å². The van der Waals surface area contributed by atoms with E-state index in [-0.39, 0.29) is 22.8 Å². The van der Waals surface area contributed by atoms with Gasteiger partial charge in [-0.25, -0.2) is 9.29 Å². The van der Waals surface area contributed by atoms with Crippen LogP contribution in [0.5, 0.6) is 5.75 Å². The van der Waals surface area contributed by atoms with Crippen LogP contribution in [0.1, 0.15) is 19.4 Å². The van der Waals surface area contributed by atoms with E-state index in [0.29, 0.717) is 29.5 Å². The number of halogens is 1. The number of ether oxygens (including phenoxy) is 1. The molecule has 0 aliphatic carbocycles. The van der Waals surface area contributed by atoms with Crippen LogP contribution in [-0.4, -0.2) is 35.9 Å². The predicted octanol–water partition coefficient (Wildman–Crippen LogP) is 3.87. The van der Waals surface area contributed by atoms with Crippen LogP contribution in [0.4, 0.5) is 10.1 Å². The van der Waals surface area contributed by atoms with Crippen molar-refractivity contribution in [2.24, 2.45) is 5.92 Å². The van der Waals surface area contributed by atoms with Crippen molar-refractivity contribution >= 4 is 34.8 Å². The van der Waals surface area contributed by atoms with Gasteiger partial charge in [-0.1, -0.05) is 26.0 Å². The molecule has 2 aromatic rings. The van der Waals surface area contributed by atoms with Gasteiger partial charge >= 0.3 is 0 Å². The third kappa shape index (κ3) is 4.68. The number of nitrogens with zero attached hydrogens (tertiary/aromatic N) is 1. The van der Waals surface area contributed by atoms with Crippen LogP contribution in [0.25, 0.3) is 5.57 Å². The number of rotatable bonds is 8. The Labute approximate surface area is 173 Å². The molecule has 29 heavy (non-hydrogen) atoms. The van der Waals surface area contributed by atoms with Gasteiger partial charge < -0.3 is 9.84 Å². The number of hydrogen-bond acceptors (Lipinski definition) is 5. The van der Waals surface area contributed by atoms with Crippen molar-refractivity contribution in [2.75, 3.05) is 23.9 Å². The van der Waals surface area contributed by atoms with Crippen LogP contribution >= 0.6 is 11.8 Å². The number of imide groups is 1. The van der Waals surface area contributed by atoms with E-state index in [4.69, 9.17) is 9.84 Å². The Morgan fingerprint density at radius 1 is 1.03 bits per heavy atom. The molecule has 2 amide bonds. The minimum atomic E-state index is -0.474. The quantitative estimate of drug-likeness (QED) is 0.663. The zero-order chi connectivity index (χ0) is 21.0. The molecule has 0 atom stereocenters. The van der Waals surface area contributed by atoms with E-state index >= 15 is 0 Å². The third-order valence-corrected chi connectivity index (χ3v) is 5.24. The number of carbonyl (C=O) groups is 2. The number of aliphatic hydroxyl groups is 1. The summed E-state index contributed by atoms with van der Waals surface area (Å²) in [5.41, 5.74) is 1.11. The van der Waals surface area contributed by atoms with E-state index < -0.39 is 17.6 Å². The zero-order valence-corrected chi connectivity index (χ0v) is 17.0. The van der Waals surface area contributed by atoms with Crippen molar-refractivity contribution in [3.05, 3.63) is 64.8 Å². The van der Waals surface area contributed by atoms with Crippen LogP contribution in [0, 0.1) is 11.7 Å². The van der Waals surface area contributed by atoms with E-state index in [2.05, 4.69) is 0 Å². The summed E-state index contributed by atoms with van der Waals surface area (Å²) in [6.45, 7) is 4.53. The fourth-order valence-electron chi connectivity index (χ4n) is 2.85. The first-order valence-electron chi connectivity index (χ1n) is 9.28. The van der Waals surface area contributed by atoms with E-state index in [9.17, 15) is 14.0 Å². The fraction of sp³-hybridized carbons (Fsp3) is 0.273. The molecule has 0 aromatic heterocycles. The highest BCUT2D eigenvalue weighted by Crippen LogP contribution is 2.38. The largest absolute Gasteiger partial charge is 0.493 e. The molecule has 3 rings (SSSR count). The summed E-state index contributed by atoms with van der Waals surface area (Å²) < 4.78 is 19.0. The smallest absolute Gasteiger partial charge is 0.272 e. The zero-order valence-electron chi connectivity index (χ0n) is 16.2. The summed E-state index contributed by atoms with van der Waals surface area (Å²) in [5, 5.41) is 9.16. The summed E-state index contributed by atoms with van der Waals surface area (Å²) >= 11 is 1.12. The van der Waals surface area contributed by atoms with Gasteiger partial charge in [0.25, 0.3) is 11.8 Å². The molecule has 5 nitrogen and oxygen atoms in total. The molecule has 1 N–H and O–H groups in total. The average molecular weight is 415 g/mol. The molecule has 1 heterocycles. The number of amides is 2. The van der Waals surface area contributed by atoms with Crippen LogP contribution in [0.2, 0.25) is 0 Å². The van der Waals surface area contributed by atoms with E-state index in [1.807, 2.05) is 13.8 Å². The number of aliphatic hydroxyl groups excluding tert-OH is 1. The van der Waals surface area contributed by atoms with Gasteiger partial charge in [-0.15, -0.1) is 11.8 Å². The van der Waals surface area contributed by atoms with Gasteiger partial charge in [0.1, 0.15) is 11.6 Å². The SMILES string of the molecule is CC(C)COc1ccc(N2C(=O)C(SCCO)=C(c3ccc(F)cc3)C2=O)cc1. The lowest BCUT2D eigenvalue weighted by Gasteiger charge is -2.16. The molecule has 0 saturated heterocycles. The maximum atomic E-state index is 13.3. The standard InChI is InChI=1S/C22H22FNO4S/c1-14(2)13-28-18-9-7-17(8-10-18)24-21(26)19(15-3-5-16(23)6-4-15)20(22(24)27)29-12-11-25/h3-10,14,25H,11-13H2,1-2H3. The number of hydrogen-bond donors (Lipinski definition) is 1. The molecule has 1 aliphatic heterocycles. The van der Waals surface area contributed by atoms with Crippen molar-refractivity contribution in [1.29, 1.82) is 0 Å². The van der Waals surface area contributed by atoms with Gasteiger partial charge in [0.2, 0.25) is 0 Å². The number of anilines is 1. The molecular formula is C22H22FNO4S. The normalized spacial score (nSPS) is 14.3. The lowest BCUT2D eigenvalue weighted by Crippen LogP contribution is -2.31. The minimum Gasteiger partial charge on any atom is -0.493 e. The lowest BCUT2D eigenvalue weighted by molar-refractivity contribution is -0.119. The summed E-state index contributed by atoms with van der Waals surface area (Å²) in [5.74, 6) is -0.0475. The highest BCUT2D eigenvalue weighted by atomic mass is 32.2. The number of thioether (sulfide) groups is 1. The lowest BCUT2D eigenvalue weighted by atomic mass is 10.1. The van der Waals surface area contributed by atoms with Crippen LogP contribution in [0.15, 0.2) is 53.4 Å². The van der Waals surface area contributed by atoms with E-state index in [1.165, 1.54) is 24.3 Å². The first kappa shape index (κ1) is 21.1. The first-order chi connectivity index (χ1) is 13.9. The summed E-state index contributed by atoms with van der Waals surface area (Å²) in [6, 6.07) is 12.2. The average Bonchev–Trinajstić information content (AvgIpc) is 2.95. The molecule has 152 valence electrons. The molecule has 0 bridgehead atoms. The minimum absolute atomic E-state index is 0.131. The Balaban J connectivity index is 1.91. The number of carbonyl (C=O) groups excluding carboxylic acids is 2. The van der Waals surface area contributed by atoms with Crippen molar-refractivity contribution in [3.63, 3.8) is 0 Å². The van der Waals surface area contributed by atoms with E-state index in [0.717, 1.165) is 16.7 Å². The highest BCUT2D eigenvalue weighted by Gasteiger charge is 2.40. The second kappa shape index (κ2) is 9.24. The number of benzene rings is 2. The van der Waals surface area contributed by atoms with Gasteiger partial charge in [-0.2, -0.15) is 0 Å². The highest BCUT2D eigenvalue weighted by molar-refractivity contribution is 8.04. The van der Waals surface area contributed by atoms with Gasteiger partial charge in [0, 0.05) is 5.75 Å². The molecular weight excluding hydrogens is 393 g/mol. The molecule has 2 aromatic carbocycles. The van der Waals surface area contributed by atoms with Gasteiger partial charge in [-0.3, -0.25) is 9.59 Å². The van der Waals surface area contributed by atoms with Gasteiger partial charge in [-0.05, 0) is 47.9 Å². The molecule has 0 spiro atoms. The Morgan fingerprint density at radius 2 is 1.69 bits per heavy atom. The maximum absolute atomic E-state index is 13.3. The molecule has 0 unspecified atom stereocenters. The van der Waals surface area contributed by atoms with Crippen molar-refractivity contribution in [1.82, 2.24) is 0 Å². The molecule has 0 fully saturated rings. The summed E-state index contributed by atoms with van der Waals surface area (Å²) in [4.78, 5) is 27.5. The van der Waals surface area contributed by atoms with Gasteiger partial charge in [0.05, 0.1) is 29.4 Å². The second-order valence-corrected chi connectivity index (χ2v) is 8.03.